The molecule has 2 amide bonds. The molecule has 2 rings (SSSR count). The molecule has 1 unspecified atom stereocenters. The summed E-state index contributed by atoms with van der Waals surface area (Å²) in [6.07, 6.45) is 3.04. The molecule has 0 aromatic heterocycles. The molecule has 0 bridgehead atoms. The number of amides is 2. The molecule has 1 aromatic carbocycles. The molecule has 1 fully saturated rings. The molecule has 0 aliphatic heterocycles. The molecule has 0 spiro atoms. The van der Waals surface area contributed by atoms with Crippen LogP contribution >= 0.6 is 12.4 Å². The van der Waals surface area contributed by atoms with Gasteiger partial charge in [0.05, 0.1) is 17.5 Å². The van der Waals surface area contributed by atoms with Crippen molar-refractivity contribution in [2.75, 3.05) is 22.8 Å². The van der Waals surface area contributed by atoms with Crippen LogP contribution in [0.2, 0.25) is 0 Å². The van der Waals surface area contributed by atoms with E-state index in [0.29, 0.717) is 18.2 Å². The van der Waals surface area contributed by atoms with Gasteiger partial charge in [-0.2, -0.15) is 0 Å². The Hall–Kier alpha value is -1.84. The summed E-state index contributed by atoms with van der Waals surface area (Å²) in [5.74, 6) is -0.359. The number of sulfonamides is 1. The summed E-state index contributed by atoms with van der Waals surface area (Å²) in [4.78, 5) is 23.8. The second-order valence-electron chi connectivity index (χ2n) is 5.97. The zero-order chi connectivity index (χ0) is 17.9. The lowest BCUT2D eigenvalue weighted by molar-refractivity contribution is -0.114. The summed E-state index contributed by atoms with van der Waals surface area (Å²) in [6.45, 7) is 1.66. The average molecular weight is 391 g/mol. The topological polar surface area (TPSA) is 130 Å². The molecule has 10 heteroatoms. The van der Waals surface area contributed by atoms with E-state index in [0.717, 1.165) is 19.1 Å². The molecule has 1 aromatic rings. The fraction of sp³-hybridized carbons (Fsp3) is 0.467. The first kappa shape index (κ1) is 21.2. The van der Waals surface area contributed by atoms with Gasteiger partial charge in [-0.05, 0) is 37.0 Å². The predicted octanol–water partition coefficient (Wildman–Crippen LogP) is 0.905. The van der Waals surface area contributed by atoms with Gasteiger partial charge in [-0.25, -0.2) is 8.42 Å². The lowest BCUT2D eigenvalue weighted by Gasteiger charge is -2.18. The molecule has 8 nitrogen and oxygen atoms in total. The third kappa shape index (κ3) is 6.52. The maximum Gasteiger partial charge on any atom is 0.253 e. The number of hydrogen-bond donors (Lipinski definition) is 4. The van der Waals surface area contributed by atoms with Crippen LogP contribution < -0.4 is 21.1 Å². The molecule has 25 heavy (non-hydrogen) atoms. The first-order valence-corrected chi connectivity index (χ1v) is 9.49. The molecule has 0 saturated heterocycles. The molecule has 1 aliphatic rings. The van der Waals surface area contributed by atoms with Crippen molar-refractivity contribution in [3.8, 4) is 0 Å². The van der Waals surface area contributed by atoms with Gasteiger partial charge in [0.2, 0.25) is 15.9 Å². The van der Waals surface area contributed by atoms with E-state index in [1.165, 1.54) is 25.1 Å². The maximum atomic E-state index is 12.6. The van der Waals surface area contributed by atoms with E-state index < -0.39 is 15.9 Å². The highest BCUT2D eigenvalue weighted by atomic mass is 35.5. The Labute approximate surface area is 153 Å². The van der Waals surface area contributed by atoms with Crippen LogP contribution in [0.5, 0.6) is 0 Å². The number of carbonyl (C=O) groups excluding carboxylic acids is 2. The van der Waals surface area contributed by atoms with Crippen molar-refractivity contribution in [3.63, 3.8) is 0 Å². The molecule has 1 saturated carbocycles. The largest absolute Gasteiger partial charge is 0.348 e. The van der Waals surface area contributed by atoms with Gasteiger partial charge in [-0.15, -0.1) is 12.4 Å². The lowest BCUT2D eigenvalue weighted by atomic mass is 10.1. The third-order valence-electron chi connectivity index (χ3n) is 3.64. The standard InChI is InChI=1S/C15H22N4O4S.ClH/c1-9(20)17-11-5-6-13(19-24(2,22)23)12(7-11)15(21)18-14(8-16)10-3-4-10;/h5-7,10,14,19H,3-4,8,16H2,1-2H3,(H,17,20)(H,18,21);1H. The fourth-order valence-corrected chi connectivity index (χ4v) is 2.99. The number of halogens is 1. The second kappa shape index (κ2) is 8.50. The van der Waals surface area contributed by atoms with Gasteiger partial charge in [-0.3, -0.25) is 14.3 Å². The van der Waals surface area contributed by atoms with E-state index in [1.807, 2.05) is 0 Å². The molecule has 140 valence electrons. The third-order valence-corrected chi connectivity index (χ3v) is 4.23. The molecule has 0 heterocycles. The first-order valence-electron chi connectivity index (χ1n) is 7.60. The van der Waals surface area contributed by atoms with Gasteiger partial charge in [-0.1, -0.05) is 0 Å². The lowest BCUT2D eigenvalue weighted by Crippen LogP contribution is -2.42. The van der Waals surface area contributed by atoms with E-state index in [-0.39, 0.29) is 35.6 Å². The Morgan fingerprint density at radius 1 is 1.32 bits per heavy atom. The fourth-order valence-electron chi connectivity index (χ4n) is 2.42. The van der Waals surface area contributed by atoms with Gasteiger partial charge in [0.1, 0.15) is 0 Å². The molecular weight excluding hydrogens is 368 g/mol. The highest BCUT2D eigenvalue weighted by Gasteiger charge is 2.32. The molecule has 5 N–H and O–H groups in total. The minimum Gasteiger partial charge on any atom is -0.348 e. The van der Waals surface area contributed by atoms with Crippen molar-refractivity contribution in [2.45, 2.75) is 25.8 Å². The monoisotopic (exact) mass is 390 g/mol. The molecular formula is C15H23ClN4O4S. The smallest absolute Gasteiger partial charge is 0.253 e. The Kier molecular flexibility index (Phi) is 7.21. The van der Waals surface area contributed by atoms with Crippen molar-refractivity contribution in [2.24, 2.45) is 11.7 Å². The van der Waals surface area contributed by atoms with Gasteiger partial charge < -0.3 is 16.4 Å². The summed E-state index contributed by atoms with van der Waals surface area (Å²) < 4.78 is 25.3. The van der Waals surface area contributed by atoms with Crippen LogP contribution in [0.3, 0.4) is 0 Å². The van der Waals surface area contributed by atoms with Crippen LogP contribution in [-0.2, 0) is 14.8 Å². The second-order valence-corrected chi connectivity index (χ2v) is 7.72. The minimum atomic E-state index is -3.55. The highest BCUT2D eigenvalue weighted by Crippen LogP contribution is 2.32. The van der Waals surface area contributed by atoms with Crippen LogP contribution in [-0.4, -0.2) is 39.1 Å². The van der Waals surface area contributed by atoms with Crippen LogP contribution in [0.1, 0.15) is 30.1 Å². The number of hydrogen-bond acceptors (Lipinski definition) is 5. The first-order chi connectivity index (χ1) is 11.2. The summed E-state index contributed by atoms with van der Waals surface area (Å²) in [7, 11) is -3.55. The molecule has 1 aliphatic carbocycles. The normalized spacial score (nSPS) is 14.8. The Bertz CT molecular complexity index is 750. The van der Waals surface area contributed by atoms with Crippen LogP contribution in [0.15, 0.2) is 18.2 Å². The number of nitrogens with two attached hydrogens (primary N) is 1. The van der Waals surface area contributed by atoms with E-state index >= 15 is 0 Å². The average Bonchev–Trinajstić information content (AvgIpc) is 3.28. The van der Waals surface area contributed by atoms with Gasteiger partial charge in [0.15, 0.2) is 0 Å². The summed E-state index contributed by atoms with van der Waals surface area (Å²) in [6, 6.07) is 4.25. The Morgan fingerprint density at radius 3 is 2.44 bits per heavy atom. The number of benzene rings is 1. The maximum absolute atomic E-state index is 12.6. The quantitative estimate of drug-likeness (QED) is 0.549. The van der Waals surface area contributed by atoms with E-state index in [9.17, 15) is 18.0 Å². The summed E-state index contributed by atoms with van der Waals surface area (Å²) in [5.41, 5.74) is 6.38. The number of nitrogens with one attached hydrogen (secondary N) is 3. The summed E-state index contributed by atoms with van der Waals surface area (Å²) >= 11 is 0. The summed E-state index contributed by atoms with van der Waals surface area (Å²) in [5, 5.41) is 5.41. The van der Waals surface area contributed by atoms with E-state index in [2.05, 4.69) is 15.4 Å². The van der Waals surface area contributed by atoms with Crippen molar-refractivity contribution in [1.29, 1.82) is 0 Å². The van der Waals surface area contributed by atoms with Crippen LogP contribution in [0, 0.1) is 5.92 Å². The van der Waals surface area contributed by atoms with Gasteiger partial charge in [0.25, 0.3) is 5.91 Å². The van der Waals surface area contributed by atoms with Crippen molar-refractivity contribution < 1.29 is 18.0 Å². The number of anilines is 2. The Morgan fingerprint density at radius 2 is 1.96 bits per heavy atom. The van der Waals surface area contributed by atoms with Crippen molar-refractivity contribution >= 4 is 45.6 Å². The van der Waals surface area contributed by atoms with Gasteiger partial charge >= 0.3 is 0 Å². The Balaban J connectivity index is 0.00000312. The molecule has 1 atom stereocenters. The van der Waals surface area contributed by atoms with E-state index in [1.54, 1.807) is 0 Å². The van der Waals surface area contributed by atoms with Crippen molar-refractivity contribution in [1.82, 2.24) is 5.32 Å². The zero-order valence-corrected chi connectivity index (χ0v) is 15.7. The molecule has 0 radical (unpaired) electrons. The van der Waals surface area contributed by atoms with Gasteiger partial charge in [0, 0.05) is 25.2 Å². The minimum absolute atomic E-state index is 0. The highest BCUT2D eigenvalue weighted by molar-refractivity contribution is 7.92. The number of carbonyl (C=O) groups is 2. The zero-order valence-electron chi connectivity index (χ0n) is 14.0. The van der Waals surface area contributed by atoms with Crippen molar-refractivity contribution in [3.05, 3.63) is 23.8 Å². The van der Waals surface area contributed by atoms with Crippen LogP contribution in [0.25, 0.3) is 0 Å². The van der Waals surface area contributed by atoms with E-state index in [4.69, 9.17) is 5.73 Å². The predicted molar refractivity (Wildman–Crippen MR) is 99.5 cm³/mol. The number of rotatable bonds is 7. The van der Waals surface area contributed by atoms with Crippen LogP contribution in [0.4, 0.5) is 11.4 Å². The SMILES string of the molecule is CC(=O)Nc1ccc(NS(C)(=O)=O)c(C(=O)NC(CN)C2CC2)c1.Cl.